The number of carbonyl (C=O) groups excluding carboxylic acids is 1. The summed E-state index contributed by atoms with van der Waals surface area (Å²) in [5, 5.41) is 13.0. The van der Waals surface area contributed by atoms with Crippen molar-refractivity contribution in [3.63, 3.8) is 0 Å². The maximum absolute atomic E-state index is 12.5. The van der Waals surface area contributed by atoms with E-state index in [1.54, 1.807) is 0 Å². The van der Waals surface area contributed by atoms with Crippen LogP contribution in [0.15, 0.2) is 18.3 Å². The van der Waals surface area contributed by atoms with Gasteiger partial charge in [0.15, 0.2) is 0 Å². The molecule has 0 spiro atoms. The molecule has 0 radical (unpaired) electrons. The standard InChI is InChI=1S/C19H30N4O2/c1-14-5-6-18(20-12-14)22-10-7-17(8-11-22)21-19(25)23-9-3-4-16(13-23)15(2)24/h5-6,12,15-17,24H,3-4,7-11,13H2,1-2H3,(H,21,25). The summed E-state index contributed by atoms with van der Waals surface area (Å²) in [5.41, 5.74) is 1.17. The quantitative estimate of drug-likeness (QED) is 0.880. The number of aryl methyl sites for hydroxylation is 1. The summed E-state index contributed by atoms with van der Waals surface area (Å²) in [5.74, 6) is 1.22. The zero-order valence-electron chi connectivity index (χ0n) is 15.3. The average Bonchev–Trinajstić information content (AvgIpc) is 2.63. The van der Waals surface area contributed by atoms with E-state index in [4.69, 9.17) is 0 Å². The topological polar surface area (TPSA) is 68.7 Å². The number of aromatic nitrogens is 1. The number of anilines is 1. The molecule has 6 nitrogen and oxygen atoms in total. The van der Waals surface area contributed by atoms with E-state index in [-0.39, 0.29) is 24.1 Å². The monoisotopic (exact) mass is 346 g/mol. The van der Waals surface area contributed by atoms with Crippen LogP contribution < -0.4 is 10.2 Å². The van der Waals surface area contributed by atoms with Crippen molar-refractivity contribution in [3.05, 3.63) is 23.9 Å². The van der Waals surface area contributed by atoms with E-state index in [0.29, 0.717) is 6.54 Å². The number of rotatable bonds is 3. The van der Waals surface area contributed by atoms with Crippen LogP contribution in [0.4, 0.5) is 10.6 Å². The fraction of sp³-hybridized carbons (Fsp3) is 0.684. The normalized spacial score (nSPS) is 23.4. The van der Waals surface area contributed by atoms with Crippen molar-refractivity contribution in [1.82, 2.24) is 15.2 Å². The first-order valence-electron chi connectivity index (χ1n) is 9.44. The number of aliphatic hydroxyl groups excluding tert-OH is 1. The Kier molecular flexibility index (Phi) is 5.78. The smallest absolute Gasteiger partial charge is 0.317 e. The SMILES string of the molecule is Cc1ccc(N2CCC(NC(=O)N3CCCC(C(C)O)C3)CC2)nc1. The minimum Gasteiger partial charge on any atom is -0.393 e. The molecular formula is C19H30N4O2. The van der Waals surface area contributed by atoms with Crippen LogP contribution in [-0.4, -0.2) is 59.3 Å². The molecule has 2 saturated heterocycles. The van der Waals surface area contributed by atoms with Crippen LogP contribution in [0.5, 0.6) is 0 Å². The minimum absolute atomic E-state index is 0.0252. The Balaban J connectivity index is 1.47. The predicted octanol–water partition coefficient (Wildman–Crippen LogP) is 2.16. The van der Waals surface area contributed by atoms with Crippen LogP contribution in [0.3, 0.4) is 0 Å². The van der Waals surface area contributed by atoms with Crippen LogP contribution >= 0.6 is 0 Å². The highest BCUT2D eigenvalue weighted by Gasteiger charge is 2.28. The second-order valence-electron chi connectivity index (χ2n) is 7.49. The van der Waals surface area contributed by atoms with Gasteiger partial charge in [0.05, 0.1) is 6.10 Å². The Morgan fingerprint density at radius 2 is 2.04 bits per heavy atom. The van der Waals surface area contributed by atoms with E-state index >= 15 is 0 Å². The largest absolute Gasteiger partial charge is 0.393 e. The number of amides is 2. The number of urea groups is 1. The van der Waals surface area contributed by atoms with E-state index in [2.05, 4.69) is 27.3 Å². The maximum Gasteiger partial charge on any atom is 0.317 e. The molecule has 2 amide bonds. The Labute approximate surface area is 150 Å². The van der Waals surface area contributed by atoms with Crippen LogP contribution in [0.1, 0.15) is 38.2 Å². The van der Waals surface area contributed by atoms with Crippen molar-refractivity contribution < 1.29 is 9.90 Å². The second kappa shape index (κ2) is 8.04. The van der Waals surface area contributed by atoms with Gasteiger partial charge < -0.3 is 20.2 Å². The molecule has 0 saturated carbocycles. The van der Waals surface area contributed by atoms with Gasteiger partial charge in [0.2, 0.25) is 0 Å². The van der Waals surface area contributed by atoms with Crippen LogP contribution in [0, 0.1) is 12.8 Å². The second-order valence-corrected chi connectivity index (χ2v) is 7.49. The summed E-state index contributed by atoms with van der Waals surface area (Å²) in [6.45, 7) is 7.15. The molecule has 25 heavy (non-hydrogen) atoms. The van der Waals surface area contributed by atoms with Gasteiger partial charge >= 0.3 is 6.03 Å². The molecule has 6 heteroatoms. The maximum atomic E-state index is 12.5. The van der Waals surface area contributed by atoms with Crippen molar-refractivity contribution in [3.8, 4) is 0 Å². The Bertz CT molecular complexity index is 567. The van der Waals surface area contributed by atoms with Gasteiger partial charge in [-0.15, -0.1) is 0 Å². The summed E-state index contributed by atoms with van der Waals surface area (Å²) >= 11 is 0. The number of pyridine rings is 1. The van der Waals surface area contributed by atoms with E-state index in [0.717, 1.165) is 51.1 Å². The number of hydrogen-bond acceptors (Lipinski definition) is 4. The Morgan fingerprint density at radius 3 is 2.68 bits per heavy atom. The molecule has 0 bridgehead atoms. The molecule has 2 aliphatic rings. The van der Waals surface area contributed by atoms with Gasteiger partial charge in [0.25, 0.3) is 0 Å². The number of nitrogens with zero attached hydrogens (tertiary/aromatic N) is 3. The lowest BCUT2D eigenvalue weighted by Gasteiger charge is -2.37. The van der Waals surface area contributed by atoms with Crippen molar-refractivity contribution in [2.24, 2.45) is 5.92 Å². The van der Waals surface area contributed by atoms with E-state index in [1.165, 1.54) is 5.56 Å². The number of aliphatic hydroxyl groups is 1. The summed E-state index contributed by atoms with van der Waals surface area (Å²) in [6, 6.07) is 4.40. The van der Waals surface area contributed by atoms with E-state index in [1.807, 2.05) is 24.9 Å². The lowest BCUT2D eigenvalue weighted by Crippen LogP contribution is -2.52. The minimum atomic E-state index is -0.346. The summed E-state index contributed by atoms with van der Waals surface area (Å²) < 4.78 is 0. The highest BCUT2D eigenvalue weighted by molar-refractivity contribution is 5.74. The van der Waals surface area contributed by atoms with Crippen molar-refractivity contribution in [2.45, 2.75) is 51.7 Å². The van der Waals surface area contributed by atoms with Gasteiger partial charge in [-0.05, 0) is 51.2 Å². The molecule has 3 rings (SSSR count). The molecule has 2 aliphatic heterocycles. The van der Waals surface area contributed by atoms with Gasteiger partial charge in [-0.1, -0.05) is 6.07 Å². The van der Waals surface area contributed by atoms with Crippen molar-refractivity contribution in [1.29, 1.82) is 0 Å². The Morgan fingerprint density at radius 1 is 1.28 bits per heavy atom. The number of piperidine rings is 2. The third-order valence-corrected chi connectivity index (χ3v) is 5.47. The van der Waals surface area contributed by atoms with E-state index in [9.17, 15) is 9.90 Å². The van der Waals surface area contributed by atoms with Gasteiger partial charge in [-0.25, -0.2) is 9.78 Å². The first-order valence-corrected chi connectivity index (χ1v) is 9.44. The molecule has 0 aliphatic carbocycles. The molecule has 2 unspecified atom stereocenters. The molecule has 138 valence electrons. The third-order valence-electron chi connectivity index (χ3n) is 5.47. The lowest BCUT2D eigenvalue weighted by atomic mass is 9.93. The van der Waals surface area contributed by atoms with Gasteiger partial charge in [0.1, 0.15) is 5.82 Å². The number of nitrogens with one attached hydrogen (secondary N) is 1. The van der Waals surface area contributed by atoms with Crippen molar-refractivity contribution >= 4 is 11.8 Å². The number of hydrogen-bond donors (Lipinski definition) is 2. The van der Waals surface area contributed by atoms with Gasteiger partial charge in [-0.3, -0.25) is 0 Å². The highest BCUT2D eigenvalue weighted by atomic mass is 16.3. The van der Waals surface area contributed by atoms with Gasteiger partial charge in [0, 0.05) is 44.3 Å². The zero-order valence-corrected chi connectivity index (χ0v) is 15.3. The third kappa shape index (κ3) is 4.63. The fourth-order valence-corrected chi connectivity index (χ4v) is 3.75. The Hall–Kier alpha value is -1.82. The number of carbonyl (C=O) groups is 1. The van der Waals surface area contributed by atoms with Crippen molar-refractivity contribution in [2.75, 3.05) is 31.1 Å². The van der Waals surface area contributed by atoms with Crippen LogP contribution in [-0.2, 0) is 0 Å². The highest BCUT2D eigenvalue weighted by Crippen LogP contribution is 2.21. The molecule has 2 fully saturated rings. The average molecular weight is 346 g/mol. The van der Waals surface area contributed by atoms with Crippen LogP contribution in [0.2, 0.25) is 0 Å². The zero-order chi connectivity index (χ0) is 17.8. The fourth-order valence-electron chi connectivity index (χ4n) is 3.75. The predicted molar refractivity (Wildman–Crippen MR) is 98.7 cm³/mol. The van der Waals surface area contributed by atoms with Crippen LogP contribution in [0.25, 0.3) is 0 Å². The van der Waals surface area contributed by atoms with E-state index < -0.39 is 0 Å². The molecule has 1 aromatic heterocycles. The summed E-state index contributed by atoms with van der Waals surface area (Å²) in [7, 11) is 0. The lowest BCUT2D eigenvalue weighted by molar-refractivity contribution is 0.0731. The first-order chi connectivity index (χ1) is 12.0. The van der Waals surface area contributed by atoms with Gasteiger partial charge in [-0.2, -0.15) is 0 Å². The molecule has 2 N–H and O–H groups in total. The number of likely N-dealkylation sites (tertiary alicyclic amines) is 1. The summed E-state index contributed by atoms with van der Waals surface area (Å²) in [6.07, 6.45) is 5.41. The molecule has 2 atom stereocenters. The molecular weight excluding hydrogens is 316 g/mol. The molecule has 0 aromatic carbocycles. The molecule has 3 heterocycles. The summed E-state index contributed by atoms with van der Waals surface area (Å²) in [4.78, 5) is 21.2. The molecule has 1 aromatic rings. The first kappa shape index (κ1) is 18.0.